The molecule has 2 N–H and O–H groups in total. The Morgan fingerprint density at radius 3 is 2.56 bits per heavy atom. The topological polar surface area (TPSA) is 75.3 Å². The lowest BCUT2D eigenvalue weighted by molar-refractivity contribution is -0.120. The smallest absolute Gasteiger partial charge is 0.221 e. The number of rotatable bonds is 9. The third kappa shape index (κ3) is 8.94. The monoisotopic (exact) mass is 270 g/mol. The first kappa shape index (κ1) is 15.7. The van der Waals surface area contributed by atoms with E-state index in [1.54, 1.807) is 0 Å². The molecular formula is C9H19ClN2O3S. The molecule has 0 fully saturated rings. The minimum atomic E-state index is -3.27. The number of sulfonamides is 1. The number of alkyl halides is 1. The molecule has 0 aliphatic carbocycles. The van der Waals surface area contributed by atoms with Crippen LogP contribution < -0.4 is 10.0 Å². The minimum Gasteiger partial charge on any atom is -0.356 e. The molecule has 0 radical (unpaired) electrons. The normalized spacial score (nSPS) is 11.4. The van der Waals surface area contributed by atoms with Crippen LogP contribution >= 0.6 is 11.6 Å². The van der Waals surface area contributed by atoms with Crippen LogP contribution in [0.2, 0.25) is 0 Å². The second-order valence-electron chi connectivity index (χ2n) is 3.36. The number of carbonyl (C=O) groups is 1. The van der Waals surface area contributed by atoms with Gasteiger partial charge < -0.3 is 5.32 Å². The Balaban J connectivity index is 3.68. The third-order valence-corrected chi connectivity index (χ3v) is 3.53. The van der Waals surface area contributed by atoms with Gasteiger partial charge >= 0.3 is 0 Å². The van der Waals surface area contributed by atoms with Crippen molar-refractivity contribution in [1.82, 2.24) is 10.0 Å². The van der Waals surface area contributed by atoms with E-state index in [1.165, 1.54) is 0 Å². The van der Waals surface area contributed by atoms with Crippen LogP contribution in [0.5, 0.6) is 0 Å². The van der Waals surface area contributed by atoms with E-state index in [1.807, 2.05) is 6.92 Å². The molecule has 0 unspecified atom stereocenters. The number of hydrogen-bond donors (Lipinski definition) is 2. The van der Waals surface area contributed by atoms with E-state index < -0.39 is 10.0 Å². The molecule has 16 heavy (non-hydrogen) atoms. The van der Waals surface area contributed by atoms with Gasteiger partial charge in [0.15, 0.2) is 0 Å². The molecule has 0 spiro atoms. The number of amides is 1. The Hall–Kier alpha value is -0.330. The summed E-state index contributed by atoms with van der Waals surface area (Å²) in [5.74, 6) is 0.187. The Morgan fingerprint density at radius 2 is 2.00 bits per heavy atom. The van der Waals surface area contributed by atoms with Crippen LogP contribution in [0.15, 0.2) is 0 Å². The van der Waals surface area contributed by atoms with Crippen LogP contribution in [-0.2, 0) is 14.8 Å². The second kappa shape index (κ2) is 8.78. The molecule has 0 aromatic carbocycles. The SMILES string of the molecule is CCCNC(=O)CCNS(=O)(=O)CCCCl. The van der Waals surface area contributed by atoms with E-state index >= 15 is 0 Å². The van der Waals surface area contributed by atoms with Crippen molar-refractivity contribution in [2.24, 2.45) is 0 Å². The maximum absolute atomic E-state index is 11.3. The fourth-order valence-corrected chi connectivity index (χ4v) is 2.36. The molecule has 0 aromatic rings. The molecule has 0 atom stereocenters. The molecule has 7 heteroatoms. The summed E-state index contributed by atoms with van der Waals surface area (Å²) in [6, 6.07) is 0. The van der Waals surface area contributed by atoms with Crippen molar-refractivity contribution in [3.8, 4) is 0 Å². The summed E-state index contributed by atoms with van der Waals surface area (Å²) in [5.41, 5.74) is 0. The Labute approximate surface area is 102 Å². The van der Waals surface area contributed by atoms with E-state index in [4.69, 9.17) is 11.6 Å². The molecule has 0 saturated heterocycles. The third-order valence-electron chi connectivity index (χ3n) is 1.79. The van der Waals surface area contributed by atoms with E-state index in [0.29, 0.717) is 18.8 Å². The molecule has 0 aromatic heterocycles. The molecule has 0 saturated carbocycles. The quantitative estimate of drug-likeness (QED) is 0.598. The summed E-state index contributed by atoms with van der Waals surface area (Å²) in [6.45, 7) is 2.72. The van der Waals surface area contributed by atoms with Crippen LogP contribution in [0.3, 0.4) is 0 Å². The van der Waals surface area contributed by atoms with Gasteiger partial charge in [-0.3, -0.25) is 4.79 Å². The molecule has 96 valence electrons. The van der Waals surface area contributed by atoms with Gasteiger partial charge in [0.2, 0.25) is 15.9 Å². The predicted molar refractivity (Wildman–Crippen MR) is 65.0 cm³/mol. The summed E-state index contributed by atoms with van der Waals surface area (Å²) in [7, 11) is -3.27. The lowest BCUT2D eigenvalue weighted by Crippen LogP contribution is -2.32. The van der Waals surface area contributed by atoms with Gasteiger partial charge in [0.05, 0.1) is 5.75 Å². The lowest BCUT2D eigenvalue weighted by atomic mass is 10.4. The molecule has 0 aliphatic rings. The van der Waals surface area contributed by atoms with Gasteiger partial charge in [-0.05, 0) is 12.8 Å². The van der Waals surface area contributed by atoms with Crippen molar-refractivity contribution in [3.05, 3.63) is 0 Å². The van der Waals surface area contributed by atoms with E-state index in [9.17, 15) is 13.2 Å². The molecule has 0 aliphatic heterocycles. The fourth-order valence-electron chi connectivity index (χ4n) is 0.990. The highest BCUT2D eigenvalue weighted by molar-refractivity contribution is 7.89. The first-order chi connectivity index (χ1) is 7.52. The van der Waals surface area contributed by atoms with Gasteiger partial charge in [-0.2, -0.15) is 0 Å². The Bertz CT molecular complexity index is 293. The maximum atomic E-state index is 11.3. The second-order valence-corrected chi connectivity index (χ2v) is 5.66. The van der Waals surface area contributed by atoms with Gasteiger partial charge in [0.1, 0.15) is 0 Å². The highest BCUT2D eigenvalue weighted by atomic mass is 35.5. The van der Waals surface area contributed by atoms with Gasteiger partial charge in [0.25, 0.3) is 0 Å². The standard InChI is InChI=1S/C9H19ClN2O3S/c1-2-6-11-9(13)4-7-12-16(14,15)8-3-5-10/h12H,2-8H2,1H3,(H,11,13). The minimum absolute atomic E-state index is 0.00702. The van der Waals surface area contributed by atoms with Crippen molar-refractivity contribution in [1.29, 1.82) is 0 Å². The largest absolute Gasteiger partial charge is 0.356 e. The molecule has 5 nitrogen and oxygen atoms in total. The number of nitrogens with one attached hydrogen (secondary N) is 2. The van der Waals surface area contributed by atoms with E-state index in [2.05, 4.69) is 10.0 Å². The lowest BCUT2D eigenvalue weighted by Gasteiger charge is -2.06. The molecule has 0 heterocycles. The number of halogens is 1. The summed E-state index contributed by atoms with van der Waals surface area (Å²) in [4.78, 5) is 11.1. The van der Waals surface area contributed by atoms with Crippen LogP contribution in [0.25, 0.3) is 0 Å². The van der Waals surface area contributed by atoms with Gasteiger partial charge in [-0.15, -0.1) is 11.6 Å². The molecule has 1 amide bonds. The summed E-state index contributed by atoms with van der Waals surface area (Å²) < 4.78 is 24.9. The van der Waals surface area contributed by atoms with Crippen molar-refractivity contribution < 1.29 is 13.2 Å². The van der Waals surface area contributed by atoms with Crippen molar-refractivity contribution in [2.75, 3.05) is 24.7 Å². The summed E-state index contributed by atoms with van der Waals surface area (Å²) >= 11 is 5.39. The first-order valence-electron chi connectivity index (χ1n) is 5.32. The fraction of sp³-hybridized carbons (Fsp3) is 0.889. The highest BCUT2D eigenvalue weighted by Crippen LogP contribution is 1.92. The van der Waals surface area contributed by atoms with Crippen LogP contribution in [0, 0.1) is 0 Å². The van der Waals surface area contributed by atoms with Crippen molar-refractivity contribution >= 4 is 27.5 Å². The molecule has 0 bridgehead atoms. The summed E-state index contributed by atoms with van der Waals surface area (Å²) in [5, 5.41) is 2.67. The number of hydrogen-bond acceptors (Lipinski definition) is 3. The number of carbonyl (C=O) groups excluding carboxylic acids is 1. The highest BCUT2D eigenvalue weighted by Gasteiger charge is 2.09. The Morgan fingerprint density at radius 1 is 1.31 bits per heavy atom. The maximum Gasteiger partial charge on any atom is 0.221 e. The molecule has 0 rings (SSSR count). The van der Waals surface area contributed by atoms with E-state index in [0.717, 1.165) is 6.42 Å². The Kier molecular flexibility index (Phi) is 8.60. The average molecular weight is 271 g/mol. The van der Waals surface area contributed by atoms with Crippen molar-refractivity contribution in [2.45, 2.75) is 26.2 Å². The molecular weight excluding hydrogens is 252 g/mol. The van der Waals surface area contributed by atoms with Crippen LogP contribution in [0.1, 0.15) is 26.2 Å². The van der Waals surface area contributed by atoms with Crippen molar-refractivity contribution in [3.63, 3.8) is 0 Å². The van der Waals surface area contributed by atoms with Gasteiger partial charge in [0, 0.05) is 25.4 Å². The van der Waals surface area contributed by atoms with Crippen LogP contribution in [0.4, 0.5) is 0 Å². The van der Waals surface area contributed by atoms with Gasteiger partial charge in [-0.25, -0.2) is 13.1 Å². The van der Waals surface area contributed by atoms with Gasteiger partial charge in [-0.1, -0.05) is 6.92 Å². The zero-order valence-corrected chi connectivity index (χ0v) is 11.0. The van der Waals surface area contributed by atoms with E-state index in [-0.39, 0.29) is 24.6 Å². The zero-order chi connectivity index (χ0) is 12.4. The zero-order valence-electron chi connectivity index (χ0n) is 9.46. The summed E-state index contributed by atoms with van der Waals surface area (Å²) in [6.07, 6.45) is 1.45. The average Bonchev–Trinajstić information content (AvgIpc) is 2.23. The van der Waals surface area contributed by atoms with Crippen LogP contribution in [-0.4, -0.2) is 39.0 Å². The predicted octanol–water partition coefficient (Wildman–Crippen LogP) is 0.451. The first-order valence-corrected chi connectivity index (χ1v) is 7.50.